The van der Waals surface area contributed by atoms with Crippen molar-refractivity contribution in [3.8, 4) is 0 Å². The SMILES string of the molecule is O=C(c1cnccn1)N1CCN(C2CCCN(Cc3ccccc3)C2=O)CC1. The zero-order valence-corrected chi connectivity index (χ0v) is 15.9. The van der Waals surface area contributed by atoms with Gasteiger partial charge in [-0.3, -0.25) is 19.5 Å². The minimum absolute atomic E-state index is 0.0776. The fraction of sp³-hybridized carbons (Fsp3) is 0.429. The van der Waals surface area contributed by atoms with Crippen molar-refractivity contribution in [2.24, 2.45) is 0 Å². The maximum Gasteiger partial charge on any atom is 0.274 e. The molecular formula is C21H25N5O2. The molecule has 2 fully saturated rings. The van der Waals surface area contributed by atoms with Crippen LogP contribution in [0.25, 0.3) is 0 Å². The Balaban J connectivity index is 1.35. The lowest BCUT2D eigenvalue weighted by atomic mass is 10.0. The number of rotatable bonds is 4. The monoisotopic (exact) mass is 379 g/mol. The largest absolute Gasteiger partial charge is 0.337 e. The maximum absolute atomic E-state index is 13.1. The summed E-state index contributed by atoms with van der Waals surface area (Å²) in [5.74, 6) is 0.122. The van der Waals surface area contributed by atoms with Crippen molar-refractivity contribution in [3.63, 3.8) is 0 Å². The number of hydrogen-bond acceptors (Lipinski definition) is 5. The van der Waals surface area contributed by atoms with Crippen LogP contribution in [0.2, 0.25) is 0 Å². The average Bonchev–Trinajstić information content (AvgIpc) is 2.76. The molecule has 1 aromatic carbocycles. The zero-order valence-electron chi connectivity index (χ0n) is 15.9. The fourth-order valence-corrected chi connectivity index (χ4v) is 4.03. The lowest BCUT2D eigenvalue weighted by Gasteiger charge is -2.42. The van der Waals surface area contributed by atoms with E-state index in [9.17, 15) is 9.59 Å². The van der Waals surface area contributed by atoms with E-state index in [0.29, 0.717) is 38.4 Å². The topological polar surface area (TPSA) is 69.6 Å². The Kier molecular flexibility index (Phi) is 5.62. The van der Waals surface area contributed by atoms with Crippen LogP contribution >= 0.6 is 0 Å². The van der Waals surface area contributed by atoms with Gasteiger partial charge in [0, 0.05) is 51.7 Å². The van der Waals surface area contributed by atoms with E-state index in [1.165, 1.54) is 12.4 Å². The molecule has 0 bridgehead atoms. The van der Waals surface area contributed by atoms with Gasteiger partial charge in [-0.2, -0.15) is 0 Å². The summed E-state index contributed by atoms with van der Waals surface area (Å²) in [6, 6.07) is 10.1. The first kappa shape index (κ1) is 18.6. The smallest absolute Gasteiger partial charge is 0.274 e. The highest BCUT2D eigenvalue weighted by Crippen LogP contribution is 2.21. The summed E-state index contributed by atoms with van der Waals surface area (Å²) >= 11 is 0. The normalized spacial score (nSPS) is 21.0. The number of nitrogens with zero attached hydrogens (tertiary/aromatic N) is 5. The molecule has 1 aromatic heterocycles. The molecule has 0 spiro atoms. The Bertz CT molecular complexity index is 806. The number of carbonyl (C=O) groups is 2. The molecule has 4 rings (SSSR count). The molecule has 0 aliphatic carbocycles. The van der Waals surface area contributed by atoms with Crippen molar-refractivity contribution in [1.82, 2.24) is 24.7 Å². The van der Waals surface area contributed by atoms with Crippen molar-refractivity contribution in [2.45, 2.75) is 25.4 Å². The molecule has 0 N–H and O–H groups in total. The van der Waals surface area contributed by atoms with Crippen molar-refractivity contribution >= 4 is 11.8 Å². The van der Waals surface area contributed by atoms with E-state index >= 15 is 0 Å². The average molecular weight is 379 g/mol. The Labute approximate surface area is 165 Å². The van der Waals surface area contributed by atoms with Crippen molar-refractivity contribution in [1.29, 1.82) is 0 Å². The number of likely N-dealkylation sites (tertiary alicyclic amines) is 1. The molecule has 28 heavy (non-hydrogen) atoms. The molecule has 0 radical (unpaired) electrons. The van der Waals surface area contributed by atoms with Gasteiger partial charge in [0.2, 0.25) is 5.91 Å². The molecule has 1 atom stereocenters. The highest BCUT2D eigenvalue weighted by atomic mass is 16.2. The van der Waals surface area contributed by atoms with Gasteiger partial charge < -0.3 is 9.80 Å². The summed E-state index contributed by atoms with van der Waals surface area (Å²) in [4.78, 5) is 39.7. The highest BCUT2D eigenvalue weighted by Gasteiger charge is 2.35. The van der Waals surface area contributed by atoms with Gasteiger partial charge in [0.1, 0.15) is 5.69 Å². The number of carbonyl (C=O) groups excluding carboxylic acids is 2. The molecule has 0 saturated carbocycles. The predicted octanol–water partition coefficient (Wildman–Crippen LogP) is 1.43. The fourth-order valence-electron chi connectivity index (χ4n) is 4.03. The van der Waals surface area contributed by atoms with Gasteiger partial charge in [-0.25, -0.2) is 4.98 Å². The zero-order chi connectivity index (χ0) is 19.3. The Hall–Kier alpha value is -2.80. The predicted molar refractivity (Wildman–Crippen MR) is 104 cm³/mol. The maximum atomic E-state index is 13.1. The minimum Gasteiger partial charge on any atom is -0.337 e. The van der Waals surface area contributed by atoms with E-state index in [4.69, 9.17) is 0 Å². The lowest BCUT2D eigenvalue weighted by Crippen LogP contribution is -2.58. The summed E-state index contributed by atoms with van der Waals surface area (Å²) in [5.41, 5.74) is 1.54. The second-order valence-corrected chi connectivity index (χ2v) is 7.32. The van der Waals surface area contributed by atoms with Crippen LogP contribution in [0.3, 0.4) is 0 Å². The summed E-state index contributed by atoms with van der Waals surface area (Å²) in [7, 11) is 0. The minimum atomic E-state index is -0.0894. The Morgan fingerprint density at radius 2 is 1.82 bits per heavy atom. The van der Waals surface area contributed by atoms with Crippen molar-refractivity contribution in [3.05, 3.63) is 60.2 Å². The first-order valence-electron chi connectivity index (χ1n) is 9.84. The van der Waals surface area contributed by atoms with E-state index < -0.39 is 0 Å². The van der Waals surface area contributed by atoms with Gasteiger partial charge in [-0.15, -0.1) is 0 Å². The summed E-state index contributed by atoms with van der Waals surface area (Å²) in [6.07, 6.45) is 6.50. The number of piperidine rings is 1. The van der Waals surface area contributed by atoms with E-state index in [1.54, 1.807) is 11.1 Å². The van der Waals surface area contributed by atoms with Crippen LogP contribution in [-0.4, -0.2) is 75.2 Å². The molecule has 146 valence electrons. The van der Waals surface area contributed by atoms with Crippen LogP contribution in [0, 0.1) is 0 Å². The van der Waals surface area contributed by atoms with Gasteiger partial charge in [-0.1, -0.05) is 30.3 Å². The second-order valence-electron chi connectivity index (χ2n) is 7.32. The van der Waals surface area contributed by atoms with Gasteiger partial charge >= 0.3 is 0 Å². The van der Waals surface area contributed by atoms with Crippen LogP contribution in [0.15, 0.2) is 48.9 Å². The molecule has 2 aliphatic heterocycles. The molecular weight excluding hydrogens is 354 g/mol. The van der Waals surface area contributed by atoms with Crippen LogP contribution in [-0.2, 0) is 11.3 Å². The van der Waals surface area contributed by atoms with Crippen LogP contribution in [0.5, 0.6) is 0 Å². The third kappa shape index (κ3) is 4.04. The van der Waals surface area contributed by atoms with Crippen LogP contribution in [0.1, 0.15) is 28.9 Å². The van der Waals surface area contributed by atoms with E-state index in [2.05, 4.69) is 27.0 Å². The molecule has 1 unspecified atom stereocenters. The van der Waals surface area contributed by atoms with Crippen molar-refractivity contribution in [2.75, 3.05) is 32.7 Å². The van der Waals surface area contributed by atoms with E-state index in [0.717, 1.165) is 24.9 Å². The molecule has 3 heterocycles. The highest BCUT2D eigenvalue weighted by molar-refractivity contribution is 5.92. The first-order chi connectivity index (χ1) is 13.7. The van der Waals surface area contributed by atoms with Gasteiger partial charge in [0.25, 0.3) is 5.91 Å². The molecule has 2 amide bonds. The summed E-state index contributed by atoms with van der Waals surface area (Å²) in [5, 5.41) is 0. The van der Waals surface area contributed by atoms with E-state index in [1.807, 2.05) is 23.1 Å². The van der Waals surface area contributed by atoms with Crippen LogP contribution < -0.4 is 0 Å². The quantitative estimate of drug-likeness (QED) is 0.804. The number of aromatic nitrogens is 2. The number of amides is 2. The van der Waals surface area contributed by atoms with Gasteiger partial charge in [0.15, 0.2) is 0 Å². The van der Waals surface area contributed by atoms with E-state index in [-0.39, 0.29) is 17.9 Å². The molecule has 2 aromatic rings. The van der Waals surface area contributed by atoms with Gasteiger partial charge in [0.05, 0.1) is 12.2 Å². The third-order valence-electron chi connectivity index (χ3n) is 5.54. The molecule has 2 saturated heterocycles. The lowest BCUT2D eigenvalue weighted by molar-refractivity contribution is -0.141. The number of hydrogen-bond donors (Lipinski definition) is 0. The Morgan fingerprint density at radius 1 is 1.04 bits per heavy atom. The molecule has 7 heteroatoms. The number of benzene rings is 1. The van der Waals surface area contributed by atoms with Crippen LogP contribution in [0.4, 0.5) is 0 Å². The first-order valence-corrected chi connectivity index (χ1v) is 9.84. The molecule has 7 nitrogen and oxygen atoms in total. The van der Waals surface area contributed by atoms with Crippen molar-refractivity contribution < 1.29 is 9.59 Å². The third-order valence-corrected chi connectivity index (χ3v) is 5.54. The number of piperazine rings is 1. The standard InChI is InChI=1S/C21H25N5O2/c27-20(18-15-22-8-9-23-18)25-13-11-24(12-14-25)19-7-4-10-26(21(19)28)16-17-5-2-1-3-6-17/h1-3,5-6,8-9,15,19H,4,7,10-14,16H2. The second kappa shape index (κ2) is 8.48. The summed E-state index contributed by atoms with van der Waals surface area (Å²) < 4.78 is 0. The molecule has 2 aliphatic rings. The summed E-state index contributed by atoms with van der Waals surface area (Å²) in [6.45, 7) is 4.12. The van der Waals surface area contributed by atoms with Gasteiger partial charge in [-0.05, 0) is 18.4 Å². The Morgan fingerprint density at radius 3 is 2.54 bits per heavy atom.